The zero-order chi connectivity index (χ0) is 19.3. The molecule has 0 heterocycles. The summed E-state index contributed by atoms with van der Waals surface area (Å²) in [5, 5.41) is 15.3. The average molecular weight is 396 g/mol. The molecule has 0 saturated heterocycles. The Kier molecular flexibility index (Phi) is 6.95. The second kappa shape index (κ2) is 8.30. The monoisotopic (exact) mass is 396 g/mol. The Hall–Kier alpha value is -2.13. The van der Waals surface area contributed by atoms with Crippen LogP contribution in [0.1, 0.15) is 10.4 Å². The molecule has 0 unspecified atom stereocenters. The van der Waals surface area contributed by atoms with Crippen LogP contribution in [0, 0.1) is 0 Å². The molecule has 0 atom stereocenters. The van der Waals surface area contributed by atoms with Crippen LogP contribution in [0.5, 0.6) is 0 Å². The highest BCUT2D eigenvalue weighted by molar-refractivity contribution is 7.87. The Balaban J connectivity index is 2.94. The first-order chi connectivity index (χ1) is 11.5. The van der Waals surface area contributed by atoms with Gasteiger partial charge >= 0.3 is 26.6 Å². The molecule has 0 aliphatic carbocycles. The Morgan fingerprint density at radius 3 is 2.48 bits per heavy atom. The molecule has 0 aliphatic heterocycles. The molecule has 0 radical (unpaired) electrons. The third kappa shape index (κ3) is 6.71. The number of carboxylic acids is 1. The number of aromatic carboxylic acids is 1. The molecule has 0 amide bonds. The fourth-order valence-electron chi connectivity index (χ4n) is 1.49. The van der Waals surface area contributed by atoms with Gasteiger partial charge in [-0.05, 0) is 22.7 Å². The number of rotatable bonds is 9. The third-order valence-electron chi connectivity index (χ3n) is 2.80. The quantitative estimate of drug-likeness (QED) is 0.396. The summed E-state index contributed by atoms with van der Waals surface area (Å²) in [5.41, 5.74) is 0.0412. The van der Waals surface area contributed by atoms with Crippen LogP contribution in [-0.2, 0) is 24.8 Å². The van der Waals surface area contributed by atoms with Crippen LogP contribution in [0.3, 0.4) is 0 Å². The maximum absolute atomic E-state index is 11.9. The van der Waals surface area contributed by atoms with Crippen LogP contribution in [-0.4, -0.2) is 64.0 Å². The van der Waals surface area contributed by atoms with Gasteiger partial charge in [-0.1, -0.05) is 0 Å². The van der Waals surface area contributed by atoms with E-state index in [2.05, 4.69) is 19.1 Å². The minimum atomic E-state index is -4.69. The van der Waals surface area contributed by atoms with Gasteiger partial charge in [-0.15, -0.1) is 5.11 Å². The van der Waals surface area contributed by atoms with Gasteiger partial charge < -0.3 is 10.4 Å². The Morgan fingerprint density at radius 1 is 1.32 bits per heavy atom. The number of nitrogens with one attached hydrogen (secondary N) is 1. The van der Waals surface area contributed by atoms with E-state index in [1.54, 1.807) is 7.05 Å². The number of carboxylic acid groups (broad SMARTS) is 1. The van der Waals surface area contributed by atoms with Crippen LogP contribution in [0.25, 0.3) is 0 Å². The lowest BCUT2D eigenvalue weighted by molar-refractivity contribution is 0.0697. The highest BCUT2D eigenvalue weighted by Gasteiger charge is 2.19. The molecule has 1 aromatic carbocycles. The number of benzene rings is 1. The second-order valence-corrected chi connectivity index (χ2v) is 7.29. The first kappa shape index (κ1) is 20.9. The number of likely N-dealkylation sites (N-methyl/N-ethyl adjacent to an activating group) is 1. The molecule has 0 saturated carbocycles. The molecule has 0 aliphatic rings. The molecule has 1 aromatic rings. The van der Waals surface area contributed by atoms with Crippen molar-refractivity contribution in [3.8, 4) is 0 Å². The molecule has 12 nitrogen and oxygen atoms in total. The zero-order valence-corrected chi connectivity index (χ0v) is 14.8. The molecule has 0 spiro atoms. The Labute approximate surface area is 144 Å². The topological polar surface area (TPSA) is 175 Å². The van der Waals surface area contributed by atoms with Gasteiger partial charge in [-0.3, -0.25) is 4.55 Å². The van der Waals surface area contributed by atoms with Gasteiger partial charge in [0.25, 0.3) is 0 Å². The predicted octanol–water partition coefficient (Wildman–Crippen LogP) is 0.506. The summed E-state index contributed by atoms with van der Waals surface area (Å²) in [7, 11) is -6.34. The maximum atomic E-state index is 11.9. The summed E-state index contributed by atoms with van der Waals surface area (Å²) in [6, 6.07) is 4.01. The van der Waals surface area contributed by atoms with E-state index in [0.717, 1.165) is 7.05 Å². The Morgan fingerprint density at radius 2 is 1.96 bits per heavy atom. The molecule has 1 rings (SSSR count). The largest absolute Gasteiger partial charge is 0.478 e. The van der Waals surface area contributed by atoms with Crippen molar-refractivity contribution < 1.29 is 35.5 Å². The van der Waals surface area contributed by atoms with E-state index in [0.29, 0.717) is 9.99 Å². The van der Waals surface area contributed by atoms with Gasteiger partial charge in [0.05, 0.1) is 12.2 Å². The molecule has 0 aromatic heterocycles. The molecule has 0 bridgehead atoms. The van der Waals surface area contributed by atoms with E-state index < -0.39 is 39.7 Å². The molecular formula is C11H16N4O8S2. The second-order valence-electron chi connectivity index (χ2n) is 4.52. The highest BCUT2D eigenvalue weighted by atomic mass is 32.3. The third-order valence-corrected chi connectivity index (χ3v) is 4.52. The predicted molar refractivity (Wildman–Crippen MR) is 86.5 cm³/mol. The minimum Gasteiger partial charge on any atom is -0.478 e. The highest BCUT2D eigenvalue weighted by Crippen LogP contribution is 2.24. The van der Waals surface area contributed by atoms with Crippen molar-refractivity contribution in [3.63, 3.8) is 0 Å². The van der Waals surface area contributed by atoms with Gasteiger partial charge in [0.2, 0.25) is 0 Å². The van der Waals surface area contributed by atoms with Gasteiger partial charge in [0.1, 0.15) is 5.69 Å². The lowest BCUT2D eigenvalue weighted by Crippen LogP contribution is -2.29. The van der Waals surface area contributed by atoms with Gasteiger partial charge in [-0.25, -0.2) is 8.98 Å². The van der Waals surface area contributed by atoms with E-state index >= 15 is 0 Å². The SMILES string of the molecule is CNc1ccc(N=NS(=O)(=O)N(C)CCOS(=O)(=O)O)c(C(=O)O)c1. The molecular weight excluding hydrogens is 380 g/mol. The van der Waals surface area contributed by atoms with Gasteiger partial charge in [0, 0.05) is 26.3 Å². The molecule has 14 heteroatoms. The molecule has 0 fully saturated rings. The average Bonchev–Trinajstić information content (AvgIpc) is 2.51. The lowest BCUT2D eigenvalue weighted by atomic mass is 10.1. The van der Waals surface area contributed by atoms with Crippen molar-refractivity contribution in [1.29, 1.82) is 0 Å². The van der Waals surface area contributed by atoms with Crippen molar-refractivity contribution in [3.05, 3.63) is 23.8 Å². The molecule has 25 heavy (non-hydrogen) atoms. The van der Waals surface area contributed by atoms with E-state index in [1.165, 1.54) is 18.2 Å². The van der Waals surface area contributed by atoms with Crippen LogP contribution in [0.15, 0.2) is 27.8 Å². The van der Waals surface area contributed by atoms with Crippen LogP contribution < -0.4 is 5.32 Å². The summed E-state index contributed by atoms with van der Waals surface area (Å²) in [6.45, 7) is -1.08. The van der Waals surface area contributed by atoms with E-state index in [-0.39, 0.29) is 11.3 Å². The van der Waals surface area contributed by atoms with Crippen LogP contribution in [0.2, 0.25) is 0 Å². The summed E-state index contributed by atoms with van der Waals surface area (Å²) < 4.78 is 60.7. The van der Waals surface area contributed by atoms with E-state index in [4.69, 9.17) is 9.66 Å². The zero-order valence-electron chi connectivity index (χ0n) is 13.1. The lowest BCUT2D eigenvalue weighted by Gasteiger charge is -2.12. The summed E-state index contributed by atoms with van der Waals surface area (Å²) in [5.74, 6) is -1.32. The first-order valence-corrected chi connectivity index (χ1v) is 9.28. The fourth-order valence-corrected chi connectivity index (χ4v) is 2.40. The summed E-state index contributed by atoms with van der Waals surface area (Å²) in [4.78, 5) is 11.2. The normalized spacial score (nSPS) is 12.6. The van der Waals surface area contributed by atoms with Crippen molar-refractivity contribution in [2.75, 3.05) is 32.6 Å². The van der Waals surface area contributed by atoms with Crippen molar-refractivity contribution in [2.24, 2.45) is 9.63 Å². The maximum Gasteiger partial charge on any atom is 0.397 e. The van der Waals surface area contributed by atoms with Crippen LogP contribution >= 0.6 is 0 Å². The van der Waals surface area contributed by atoms with Gasteiger partial charge in [-0.2, -0.15) is 21.1 Å². The van der Waals surface area contributed by atoms with E-state index in [9.17, 15) is 21.6 Å². The van der Waals surface area contributed by atoms with Crippen LogP contribution in [0.4, 0.5) is 11.4 Å². The number of hydrogen-bond acceptors (Lipinski definition) is 8. The number of anilines is 1. The van der Waals surface area contributed by atoms with Gasteiger partial charge in [0.15, 0.2) is 0 Å². The summed E-state index contributed by atoms with van der Waals surface area (Å²) >= 11 is 0. The number of hydrogen-bond donors (Lipinski definition) is 3. The van der Waals surface area contributed by atoms with E-state index in [1.807, 2.05) is 0 Å². The standard InChI is InChI=1S/C11H16N4O8S2/c1-12-8-3-4-10(9(7-8)11(16)17)13-14-24(18,19)15(2)5-6-23-25(20,21)22/h3-4,7,12H,5-6H2,1-2H3,(H,16,17)(H,20,21,22). The number of nitrogens with zero attached hydrogens (tertiary/aromatic N) is 3. The van der Waals surface area contributed by atoms with Crippen molar-refractivity contribution >= 4 is 38.0 Å². The van der Waals surface area contributed by atoms with Crippen molar-refractivity contribution in [2.45, 2.75) is 0 Å². The molecule has 3 N–H and O–H groups in total. The summed E-state index contributed by atoms with van der Waals surface area (Å²) in [6.07, 6.45) is 0. The number of carbonyl (C=O) groups is 1. The van der Waals surface area contributed by atoms with Crippen molar-refractivity contribution in [1.82, 2.24) is 4.31 Å². The Bertz CT molecular complexity index is 866. The first-order valence-electron chi connectivity index (χ1n) is 6.52. The minimum absolute atomic E-state index is 0.183. The molecule has 140 valence electrons. The fraction of sp³-hybridized carbons (Fsp3) is 0.364. The smallest absolute Gasteiger partial charge is 0.397 e.